The number of thiazole rings is 1. The molecule has 3 aromatic rings. The van der Waals surface area contributed by atoms with Gasteiger partial charge in [0.25, 0.3) is 0 Å². The normalized spacial score (nSPS) is 13.7. The Bertz CT molecular complexity index is 934. The molecule has 1 aliphatic rings. The molecule has 3 heterocycles. The number of nitrogens with zero attached hydrogens (tertiary/aromatic N) is 2. The van der Waals surface area contributed by atoms with Gasteiger partial charge in [-0.3, -0.25) is 0 Å². The van der Waals surface area contributed by atoms with Crippen molar-refractivity contribution in [2.45, 2.75) is 26.5 Å². The van der Waals surface area contributed by atoms with E-state index in [1.807, 2.05) is 24.4 Å². The molecule has 4 rings (SSSR count). The molecule has 2 N–H and O–H groups in total. The van der Waals surface area contributed by atoms with Crippen LogP contribution in [0.5, 0.6) is 5.75 Å². The average molecular weight is 391 g/mol. The molecule has 2 aromatic heterocycles. The van der Waals surface area contributed by atoms with Gasteiger partial charge in [0.05, 0.1) is 22.8 Å². The standard InChI is InChI=1S/C18H19ClN4O2S/c1-11-13-5-14(19)17(25-8-12-9-26-10-21-12)6-15(13)22-16(11)7-20-18(24)23-3-2-4-23/h5-6,9-10,22H,2-4,7-8H2,1H3,(H,20,24). The highest BCUT2D eigenvalue weighted by atomic mass is 35.5. The van der Waals surface area contributed by atoms with Gasteiger partial charge >= 0.3 is 6.03 Å². The lowest BCUT2D eigenvalue weighted by Gasteiger charge is -2.30. The van der Waals surface area contributed by atoms with Crippen molar-refractivity contribution < 1.29 is 9.53 Å². The highest BCUT2D eigenvalue weighted by molar-refractivity contribution is 7.07. The maximum absolute atomic E-state index is 12.0. The van der Waals surface area contributed by atoms with Crippen LogP contribution in [0.25, 0.3) is 10.9 Å². The zero-order valence-electron chi connectivity index (χ0n) is 14.3. The number of aryl methyl sites for hydroxylation is 1. The van der Waals surface area contributed by atoms with E-state index in [2.05, 4.69) is 15.3 Å². The number of rotatable bonds is 5. The van der Waals surface area contributed by atoms with Crippen LogP contribution >= 0.6 is 22.9 Å². The minimum absolute atomic E-state index is 0.0142. The first-order valence-corrected chi connectivity index (χ1v) is 9.77. The Morgan fingerprint density at radius 3 is 3.00 bits per heavy atom. The summed E-state index contributed by atoms with van der Waals surface area (Å²) < 4.78 is 5.81. The van der Waals surface area contributed by atoms with Gasteiger partial charge in [0.1, 0.15) is 12.4 Å². The maximum atomic E-state index is 12.0. The number of fused-ring (bicyclic) bond motifs is 1. The van der Waals surface area contributed by atoms with Gasteiger partial charge in [-0.25, -0.2) is 9.78 Å². The van der Waals surface area contributed by atoms with E-state index in [4.69, 9.17) is 16.3 Å². The molecule has 0 saturated carbocycles. The van der Waals surface area contributed by atoms with Gasteiger partial charge in [0.2, 0.25) is 0 Å². The number of hydrogen-bond acceptors (Lipinski definition) is 4. The van der Waals surface area contributed by atoms with Crippen LogP contribution < -0.4 is 10.1 Å². The van der Waals surface area contributed by atoms with Gasteiger partial charge in [-0.2, -0.15) is 0 Å². The third-order valence-electron chi connectivity index (χ3n) is 4.63. The summed E-state index contributed by atoms with van der Waals surface area (Å²) in [5.74, 6) is 0.615. The monoisotopic (exact) mass is 390 g/mol. The number of amides is 2. The second-order valence-corrected chi connectivity index (χ2v) is 7.45. The van der Waals surface area contributed by atoms with Crippen LogP contribution in [0.2, 0.25) is 5.02 Å². The van der Waals surface area contributed by atoms with E-state index in [-0.39, 0.29) is 6.03 Å². The van der Waals surface area contributed by atoms with Crippen molar-refractivity contribution in [1.82, 2.24) is 20.2 Å². The summed E-state index contributed by atoms with van der Waals surface area (Å²) in [6, 6.07) is 3.79. The number of aromatic nitrogens is 2. The minimum atomic E-state index is -0.0142. The van der Waals surface area contributed by atoms with Gasteiger partial charge in [-0.05, 0) is 25.0 Å². The Morgan fingerprint density at radius 2 is 2.31 bits per heavy atom. The van der Waals surface area contributed by atoms with Crippen molar-refractivity contribution in [3.8, 4) is 5.75 Å². The largest absolute Gasteiger partial charge is 0.486 e. The first-order chi connectivity index (χ1) is 12.6. The molecule has 1 fully saturated rings. The van der Waals surface area contributed by atoms with Crippen LogP contribution in [0.1, 0.15) is 23.4 Å². The third-order valence-corrected chi connectivity index (χ3v) is 5.56. The van der Waals surface area contributed by atoms with Gasteiger partial charge in [-0.1, -0.05) is 11.6 Å². The molecule has 2 amide bonds. The van der Waals surface area contributed by atoms with E-state index in [9.17, 15) is 4.79 Å². The molecule has 8 heteroatoms. The number of halogens is 1. The van der Waals surface area contributed by atoms with Crippen LogP contribution in [0.4, 0.5) is 4.79 Å². The molecule has 0 bridgehead atoms. The molecule has 0 radical (unpaired) electrons. The van der Waals surface area contributed by atoms with E-state index in [1.54, 1.807) is 10.4 Å². The number of benzene rings is 1. The van der Waals surface area contributed by atoms with Crippen molar-refractivity contribution in [2.24, 2.45) is 0 Å². The van der Waals surface area contributed by atoms with E-state index < -0.39 is 0 Å². The lowest BCUT2D eigenvalue weighted by molar-refractivity contribution is 0.167. The fourth-order valence-electron chi connectivity index (χ4n) is 2.93. The molecule has 0 aliphatic carbocycles. The van der Waals surface area contributed by atoms with Gasteiger partial charge in [0, 0.05) is 41.1 Å². The Hall–Kier alpha value is -2.25. The number of aromatic amines is 1. The van der Waals surface area contributed by atoms with Crippen LogP contribution in [-0.2, 0) is 13.2 Å². The summed E-state index contributed by atoms with van der Waals surface area (Å²) in [6.07, 6.45) is 1.08. The fraction of sp³-hybridized carbons (Fsp3) is 0.333. The first kappa shape index (κ1) is 17.2. The predicted octanol–water partition coefficient (Wildman–Crippen LogP) is 4.08. The number of likely N-dealkylation sites (tertiary alicyclic amines) is 1. The van der Waals surface area contributed by atoms with E-state index in [1.165, 1.54) is 11.3 Å². The van der Waals surface area contributed by atoms with Crippen LogP contribution in [0, 0.1) is 6.92 Å². The lowest BCUT2D eigenvalue weighted by Crippen LogP contribution is -2.47. The van der Waals surface area contributed by atoms with Crippen molar-refractivity contribution in [3.63, 3.8) is 0 Å². The number of carbonyl (C=O) groups excluding carboxylic acids is 1. The van der Waals surface area contributed by atoms with Gasteiger partial charge in [0.15, 0.2) is 0 Å². The molecule has 0 unspecified atom stereocenters. The molecule has 1 aliphatic heterocycles. The van der Waals surface area contributed by atoms with E-state index in [0.717, 1.165) is 47.4 Å². The van der Waals surface area contributed by atoms with E-state index in [0.29, 0.717) is 23.9 Å². The number of carbonyl (C=O) groups is 1. The third kappa shape index (κ3) is 3.37. The zero-order valence-corrected chi connectivity index (χ0v) is 15.9. The highest BCUT2D eigenvalue weighted by Crippen LogP contribution is 2.33. The highest BCUT2D eigenvalue weighted by Gasteiger charge is 2.20. The number of H-pyrrole nitrogens is 1. The summed E-state index contributed by atoms with van der Waals surface area (Å²) >= 11 is 7.92. The SMILES string of the molecule is Cc1c(CNC(=O)N2CCC2)[nH]c2cc(OCc3cscn3)c(Cl)cc12. The van der Waals surface area contributed by atoms with Gasteiger partial charge < -0.3 is 19.9 Å². The lowest BCUT2D eigenvalue weighted by atomic mass is 10.1. The number of ether oxygens (including phenoxy) is 1. The summed E-state index contributed by atoms with van der Waals surface area (Å²) in [5, 5.41) is 6.50. The quantitative estimate of drug-likeness (QED) is 0.689. The van der Waals surface area contributed by atoms with Gasteiger partial charge in [-0.15, -0.1) is 11.3 Å². The van der Waals surface area contributed by atoms with Crippen molar-refractivity contribution in [1.29, 1.82) is 0 Å². The Kier molecular flexibility index (Phi) is 4.74. The van der Waals surface area contributed by atoms with Crippen molar-refractivity contribution >= 4 is 39.9 Å². The Labute approximate surface area is 160 Å². The Morgan fingerprint density at radius 1 is 1.46 bits per heavy atom. The fourth-order valence-corrected chi connectivity index (χ4v) is 3.69. The zero-order chi connectivity index (χ0) is 18.1. The molecule has 6 nitrogen and oxygen atoms in total. The predicted molar refractivity (Wildman–Crippen MR) is 103 cm³/mol. The first-order valence-electron chi connectivity index (χ1n) is 8.45. The second kappa shape index (κ2) is 7.17. The van der Waals surface area contributed by atoms with Crippen molar-refractivity contribution in [2.75, 3.05) is 13.1 Å². The molecule has 26 heavy (non-hydrogen) atoms. The smallest absolute Gasteiger partial charge is 0.317 e. The van der Waals surface area contributed by atoms with Crippen LogP contribution in [-0.4, -0.2) is 34.0 Å². The minimum Gasteiger partial charge on any atom is -0.486 e. The van der Waals surface area contributed by atoms with E-state index >= 15 is 0 Å². The summed E-state index contributed by atoms with van der Waals surface area (Å²) in [6.45, 7) is 4.55. The topological polar surface area (TPSA) is 70.2 Å². The maximum Gasteiger partial charge on any atom is 0.317 e. The molecular weight excluding hydrogens is 372 g/mol. The summed E-state index contributed by atoms with van der Waals surface area (Å²) in [4.78, 5) is 21.4. The molecule has 1 saturated heterocycles. The summed E-state index contributed by atoms with van der Waals surface area (Å²) in [7, 11) is 0. The number of nitrogens with one attached hydrogen (secondary N) is 2. The molecule has 136 valence electrons. The molecular formula is C18H19ClN4O2S. The molecule has 0 atom stereocenters. The van der Waals surface area contributed by atoms with Crippen LogP contribution in [0.15, 0.2) is 23.0 Å². The second-order valence-electron chi connectivity index (χ2n) is 6.32. The number of hydrogen-bond donors (Lipinski definition) is 2. The molecule has 0 spiro atoms. The molecule has 1 aromatic carbocycles. The van der Waals surface area contributed by atoms with Crippen LogP contribution in [0.3, 0.4) is 0 Å². The summed E-state index contributed by atoms with van der Waals surface area (Å²) in [5.41, 5.74) is 5.65. The Balaban J connectivity index is 1.50. The van der Waals surface area contributed by atoms with Crippen molar-refractivity contribution in [3.05, 3.63) is 45.0 Å². The average Bonchev–Trinajstić information content (AvgIpc) is 3.18. The number of urea groups is 1.